The molecule has 2 aliphatic carbocycles. The van der Waals surface area contributed by atoms with Gasteiger partial charge >= 0.3 is 5.97 Å². The summed E-state index contributed by atoms with van der Waals surface area (Å²) < 4.78 is 4.69. The standard InChI is InChI=1S/C10H11NO2/c1-13-10(12)9-7-3-2-6(4-7)8(9)5-11/h2-3,6-9H,4H2,1H3/t6-,7-,8-,9+/m0/s1. The van der Waals surface area contributed by atoms with Crippen molar-refractivity contribution in [2.75, 3.05) is 7.11 Å². The molecule has 2 aliphatic rings. The van der Waals surface area contributed by atoms with E-state index in [4.69, 9.17) is 10.00 Å². The number of hydrogen-bond acceptors (Lipinski definition) is 3. The van der Waals surface area contributed by atoms with E-state index in [0.717, 1.165) is 6.42 Å². The number of allylic oxidation sites excluding steroid dienone is 2. The fourth-order valence-corrected chi connectivity index (χ4v) is 2.46. The molecule has 0 spiro atoms. The van der Waals surface area contributed by atoms with Crippen LogP contribution in [0.25, 0.3) is 0 Å². The van der Waals surface area contributed by atoms with Crippen molar-refractivity contribution in [1.82, 2.24) is 0 Å². The van der Waals surface area contributed by atoms with Crippen LogP contribution in [0.15, 0.2) is 12.2 Å². The lowest BCUT2D eigenvalue weighted by atomic mass is 9.84. The van der Waals surface area contributed by atoms with Crippen molar-refractivity contribution in [3.8, 4) is 6.07 Å². The fraction of sp³-hybridized carbons (Fsp3) is 0.600. The van der Waals surface area contributed by atoms with Crippen LogP contribution in [0.3, 0.4) is 0 Å². The Kier molecular flexibility index (Phi) is 1.84. The number of ether oxygens (including phenoxy) is 1. The zero-order valence-electron chi connectivity index (χ0n) is 7.43. The van der Waals surface area contributed by atoms with E-state index in [2.05, 4.69) is 12.1 Å². The molecule has 0 heterocycles. The predicted octanol–water partition coefficient (Wildman–Crippen LogP) is 1.12. The molecule has 2 bridgehead atoms. The maximum atomic E-state index is 11.4. The van der Waals surface area contributed by atoms with E-state index < -0.39 is 0 Å². The topological polar surface area (TPSA) is 50.1 Å². The number of methoxy groups -OCH3 is 1. The van der Waals surface area contributed by atoms with Crippen molar-refractivity contribution < 1.29 is 9.53 Å². The van der Waals surface area contributed by atoms with E-state index in [1.54, 1.807) is 0 Å². The van der Waals surface area contributed by atoms with Crippen molar-refractivity contribution in [2.24, 2.45) is 23.7 Å². The first-order valence-corrected chi connectivity index (χ1v) is 4.43. The Morgan fingerprint density at radius 1 is 1.54 bits per heavy atom. The quantitative estimate of drug-likeness (QED) is 0.445. The molecule has 0 amide bonds. The molecule has 1 fully saturated rings. The molecule has 4 atom stereocenters. The second-order valence-electron chi connectivity index (χ2n) is 3.65. The summed E-state index contributed by atoms with van der Waals surface area (Å²) in [7, 11) is 1.38. The summed E-state index contributed by atoms with van der Waals surface area (Å²) in [6, 6.07) is 2.21. The van der Waals surface area contributed by atoms with Crippen molar-refractivity contribution >= 4 is 5.97 Å². The molecular weight excluding hydrogens is 166 g/mol. The molecule has 0 aliphatic heterocycles. The molecule has 3 nitrogen and oxygen atoms in total. The SMILES string of the molecule is COC(=O)[C@H]1[C@@H](C#N)[C@H]2C=C[C@H]1C2. The Labute approximate surface area is 77.0 Å². The third-order valence-corrected chi connectivity index (χ3v) is 3.08. The number of rotatable bonds is 1. The molecule has 0 N–H and O–H groups in total. The molecule has 2 rings (SSSR count). The fourth-order valence-electron chi connectivity index (χ4n) is 2.46. The van der Waals surface area contributed by atoms with Crippen molar-refractivity contribution in [1.29, 1.82) is 5.26 Å². The average Bonchev–Trinajstić information content (AvgIpc) is 2.74. The lowest BCUT2D eigenvalue weighted by Gasteiger charge is -2.19. The third kappa shape index (κ3) is 1.06. The van der Waals surface area contributed by atoms with E-state index in [-0.39, 0.29) is 29.6 Å². The van der Waals surface area contributed by atoms with Gasteiger partial charge in [-0.1, -0.05) is 12.2 Å². The van der Waals surface area contributed by atoms with Crippen molar-refractivity contribution in [3.63, 3.8) is 0 Å². The molecule has 68 valence electrons. The van der Waals surface area contributed by atoms with Crippen LogP contribution in [0.2, 0.25) is 0 Å². The Bertz CT molecular complexity index is 303. The van der Waals surface area contributed by atoms with E-state index in [9.17, 15) is 4.79 Å². The summed E-state index contributed by atoms with van der Waals surface area (Å²) in [6.07, 6.45) is 5.04. The number of nitriles is 1. The van der Waals surface area contributed by atoms with Gasteiger partial charge in [0.05, 0.1) is 25.0 Å². The highest BCUT2D eigenvalue weighted by Crippen LogP contribution is 2.47. The predicted molar refractivity (Wildman–Crippen MR) is 45.3 cm³/mol. The number of fused-ring (bicyclic) bond motifs is 2. The molecule has 13 heavy (non-hydrogen) atoms. The molecule has 0 radical (unpaired) electrons. The Balaban J connectivity index is 2.24. The summed E-state index contributed by atoms with van der Waals surface area (Å²) in [5, 5.41) is 8.91. The minimum Gasteiger partial charge on any atom is -0.469 e. The molecule has 0 aromatic carbocycles. The highest BCUT2D eigenvalue weighted by Gasteiger charge is 2.48. The van der Waals surface area contributed by atoms with Gasteiger partial charge < -0.3 is 4.74 Å². The maximum absolute atomic E-state index is 11.4. The van der Waals surface area contributed by atoms with Gasteiger partial charge in [-0.05, 0) is 18.3 Å². The summed E-state index contributed by atoms with van der Waals surface area (Å²) in [5.41, 5.74) is 0. The molecule has 0 saturated heterocycles. The van der Waals surface area contributed by atoms with Crippen LogP contribution >= 0.6 is 0 Å². The largest absolute Gasteiger partial charge is 0.469 e. The lowest BCUT2D eigenvalue weighted by molar-refractivity contribution is -0.147. The van der Waals surface area contributed by atoms with Gasteiger partial charge in [0.25, 0.3) is 0 Å². The Morgan fingerprint density at radius 3 is 2.85 bits per heavy atom. The summed E-state index contributed by atoms with van der Waals surface area (Å²) in [4.78, 5) is 11.4. The van der Waals surface area contributed by atoms with Gasteiger partial charge in [-0.3, -0.25) is 4.79 Å². The van der Waals surface area contributed by atoms with Crippen LogP contribution in [-0.2, 0) is 9.53 Å². The van der Waals surface area contributed by atoms with E-state index in [0.29, 0.717) is 0 Å². The van der Waals surface area contributed by atoms with Gasteiger partial charge in [0.1, 0.15) is 0 Å². The molecule has 0 aromatic heterocycles. The second kappa shape index (κ2) is 2.88. The number of carbonyl (C=O) groups excluding carboxylic acids is 1. The highest BCUT2D eigenvalue weighted by atomic mass is 16.5. The van der Waals surface area contributed by atoms with Crippen molar-refractivity contribution in [3.05, 3.63) is 12.2 Å². The number of carbonyl (C=O) groups is 1. The maximum Gasteiger partial charge on any atom is 0.310 e. The van der Waals surface area contributed by atoms with Gasteiger partial charge in [-0.25, -0.2) is 0 Å². The van der Waals surface area contributed by atoms with Crippen LogP contribution in [0.5, 0.6) is 0 Å². The summed E-state index contributed by atoms with van der Waals surface area (Å²) in [6.45, 7) is 0. The van der Waals surface area contributed by atoms with Gasteiger partial charge in [0.2, 0.25) is 0 Å². The van der Waals surface area contributed by atoms with Gasteiger partial charge in [-0.2, -0.15) is 5.26 Å². The van der Waals surface area contributed by atoms with Gasteiger partial charge in [0.15, 0.2) is 0 Å². The smallest absolute Gasteiger partial charge is 0.310 e. The second-order valence-corrected chi connectivity index (χ2v) is 3.65. The van der Waals surface area contributed by atoms with Crippen LogP contribution in [0.1, 0.15) is 6.42 Å². The monoisotopic (exact) mass is 177 g/mol. The van der Waals surface area contributed by atoms with E-state index in [1.807, 2.05) is 6.08 Å². The highest BCUT2D eigenvalue weighted by molar-refractivity contribution is 5.75. The van der Waals surface area contributed by atoms with Gasteiger partial charge in [-0.15, -0.1) is 0 Å². The van der Waals surface area contributed by atoms with Crippen LogP contribution < -0.4 is 0 Å². The number of esters is 1. The van der Waals surface area contributed by atoms with Crippen LogP contribution in [-0.4, -0.2) is 13.1 Å². The Morgan fingerprint density at radius 2 is 2.23 bits per heavy atom. The molecule has 0 unspecified atom stereocenters. The minimum absolute atomic E-state index is 0.164. The van der Waals surface area contributed by atoms with Crippen molar-refractivity contribution in [2.45, 2.75) is 6.42 Å². The first kappa shape index (κ1) is 8.31. The molecular formula is C10H11NO2. The summed E-state index contributed by atoms with van der Waals surface area (Å²) in [5.74, 6) is -0.1000. The zero-order valence-corrected chi connectivity index (χ0v) is 7.43. The zero-order chi connectivity index (χ0) is 9.42. The first-order valence-electron chi connectivity index (χ1n) is 4.43. The normalized spacial score (nSPS) is 40.3. The Hall–Kier alpha value is -1.30. The summed E-state index contributed by atoms with van der Waals surface area (Å²) >= 11 is 0. The molecule has 3 heteroatoms. The van der Waals surface area contributed by atoms with Crippen LogP contribution in [0.4, 0.5) is 0 Å². The van der Waals surface area contributed by atoms with E-state index >= 15 is 0 Å². The average molecular weight is 177 g/mol. The van der Waals surface area contributed by atoms with Gasteiger partial charge in [0, 0.05) is 0 Å². The van der Waals surface area contributed by atoms with Crippen LogP contribution in [0, 0.1) is 35.0 Å². The minimum atomic E-state index is -0.233. The number of nitrogens with zero attached hydrogens (tertiary/aromatic N) is 1. The first-order chi connectivity index (χ1) is 6.27. The van der Waals surface area contributed by atoms with E-state index in [1.165, 1.54) is 7.11 Å². The molecule has 0 aromatic rings. The number of hydrogen-bond donors (Lipinski definition) is 0. The lowest BCUT2D eigenvalue weighted by Crippen LogP contribution is -2.27. The molecule has 1 saturated carbocycles. The third-order valence-electron chi connectivity index (χ3n) is 3.08.